The third-order valence-corrected chi connectivity index (χ3v) is 6.32. The molecule has 0 N–H and O–H groups in total. The van der Waals surface area contributed by atoms with Crippen LogP contribution in [0.1, 0.15) is 25.7 Å². The molecule has 4 heterocycles. The first-order valence-corrected chi connectivity index (χ1v) is 10.6. The molecule has 5 rings (SSSR count). The number of halogens is 1. The van der Waals surface area contributed by atoms with E-state index in [9.17, 15) is 0 Å². The first kappa shape index (κ1) is 17.0. The molecule has 0 atom stereocenters. The van der Waals surface area contributed by atoms with E-state index >= 15 is 0 Å². The summed E-state index contributed by atoms with van der Waals surface area (Å²) in [5.74, 6) is 2.00. The molecule has 2 aromatic heterocycles. The number of aromatic nitrogens is 3. The van der Waals surface area contributed by atoms with Crippen LogP contribution >= 0.6 is 15.9 Å². The van der Waals surface area contributed by atoms with Crippen molar-refractivity contribution < 1.29 is 0 Å². The SMILES string of the molecule is Cn1c(-c2ccc(Br)cc2)cc2c(N3CCCC3)nc(N3CCCC3)nc21. The van der Waals surface area contributed by atoms with Crippen LogP contribution in [0.25, 0.3) is 22.3 Å². The lowest BCUT2D eigenvalue weighted by atomic mass is 10.1. The maximum absolute atomic E-state index is 5.05. The van der Waals surface area contributed by atoms with Crippen molar-refractivity contribution in [2.45, 2.75) is 25.7 Å². The summed E-state index contributed by atoms with van der Waals surface area (Å²) in [6.45, 7) is 4.31. The molecule has 1 aromatic carbocycles. The highest BCUT2D eigenvalue weighted by molar-refractivity contribution is 9.10. The molecule has 5 nitrogen and oxygen atoms in total. The Morgan fingerprint density at radius 2 is 1.48 bits per heavy atom. The fourth-order valence-corrected chi connectivity index (χ4v) is 4.56. The normalized spacial score (nSPS) is 17.4. The van der Waals surface area contributed by atoms with Gasteiger partial charge in [0.15, 0.2) is 0 Å². The minimum atomic E-state index is 0.894. The van der Waals surface area contributed by atoms with Crippen LogP contribution in [-0.4, -0.2) is 40.7 Å². The van der Waals surface area contributed by atoms with Crippen LogP contribution < -0.4 is 9.80 Å². The van der Waals surface area contributed by atoms with Gasteiger partial charge in [0, 0.05) is 37.7 Å². The summed E-state index contributed by atoms with van der Waals surface area (Å²) < 4.78 is 3.32. The highest BCUT2D eigenvalue weighted by Crippen LogP contribution is 2.35. The first-order chi connectivity index (χ1) is 13.2. The van der Waals surface area contributed by atoms with Crippen molar-refractivity contribution >= 4 is 38.7 Å². The second-order valence-electron chi connectivity index (χ2n) is 7.57. The van der Waals surface area contributed by atoms with Gasteiger partial charge in [-0.3, -0.25) is 0 Å². The number of hydrogen-bond donors (Lipinski definition) is 0. The van der Waals surface area contributed by atoms with E-state index in [2.05, 4.69) is 67.7 Å². The summed E-state index contributed by atoms with van der Waals surface area (Å²) >= 11 is 3.53. The molecule has 0 spiro atoms. The Hall–Kier alpha value is -2.08. The van der Waals surface area contributed by atoms with Crippen LogP contribution in [0.2, 0.25) is 0 Å². The molecule has 6 heteroatoms. The summed E-state index contributed by atoms with van der Waals surface area (Å²) in [5.41, 5.74) is 3.42. The van der Waals surface area contributed by atoms with E-state index in [-0.39, 0.29) is 0 Å². The third kappa shape index (κ3) is 3.00. The largest absolute Gasteiger partial charge is 0.356 e. The molecular formula is C21H24BrN5. The summed E-state index contributed by atoms with van der Waals surface area (Å²) in [6, 6.07) is 10.8. The average molecular weight is 426 g/mol. The van der Waals surface area contributed by atoms with Crippen molar-refractivity contribution in [3.63, 3.8) is 0 Å². The van der Waals surface area contributed by atoms with E-state index in [0.717, 1.165) is 48.1 Å². The fraction of sp³-hybridized carbons (Fsp3) is 0.429. The topological polar surface area (TPSA) is 37.2 Å². The highest BCUT2D eigenvalue weighted by Gasteiger charge is 2.24. The van der Waals surface area contributed by atoms with Gasteiger partial charge in [-0.25, -0.2) is 0 Å². The lowest BCUT2D eigenvalue weighted by Gasteiger charge is -2.21. The Labute approximate surface area is 168 Å². The van der Waals surface area contributed by atoms with E-state index in [1.54, 1.807) is 0 Å². The van der Waals surface area contributed by atoms with E-state index in [4.69, 9.17) is 9.97 Å². The minimum absolute atomic E-state index is 0.894. The summed E-state index contributed by atoms with van der Waals surface area (Å²) in [5, 5.41) is 1.17. The second kappa shape index (κ2) is 6.82. The zero-order valence-electron chi connectivity index (χ0n) is 15.7. The highest BCUT2D eigenvalue weighted by atomic mass is 79.9. The number of hydrogen-bond acceptors (Lipinski definition) is 4. The molecule has 0 amide bonds. The molecule has 0 aliphatic carbocycles. The van der Waals surface area contributed by atoms with Gasteiger partial charge in [-0.1, -0.05) is 28.1 Å². The van der Waals surface area contributed by atoms with Crippen molar-refractivity contribution in [1.82, 2.24) is 14.5 Å². The number of fused-ring (bicyclic) bond motifs is 1. The summed E-state index contributed by atoms with van der Waals surface area (Å²) in [6.07, 6.45) is 4.96. The quantitative estimate of drug-likeness (QED) is 0.614. The van der Waals surface area contributed by atoms with Crippen LogP contribution in [0.4, 0.5) is 11.8 Å². The molecule has 27 heavy (non-hydrogen) atoms. The maximum Gasteiger partial charge on any atom is 0.229 e. The summed E-state index contributed by atoms with van der Waals surface area (Å²) in [7, 11) is 2.12. The minimum Gasteiger partial charge on any atom is -0.356 e. The van der Waals surface area contributed by atoms with Gasteiger partial charge in [-0.2, -0.15) is 9.97 Å². The molecule has 0 saturated carbocycles. The van der Waals surface area contributed by atoms with Crippen molar-refractivity contribution in [3.8, 4) is 11.3 Å². The van der Waals surface area contributed by atoms with Crippen molar-refractivity contribution in [3.05, 3.63) is 34.8 Å². The van der Waals surface area contributed by atoms with Gasteiger partial charge in [0.1, 0.15) is 11.5 Å². The van der Waals surface area contributed by atoms with Crippen LogP contribution in [-0.2, 0) is 7.05 Å². The molecule has 0 unspecified atom stereocenters. The Kier molecular flexibility index (Phi) is 4.31. The number of benzene rings is 1. The first-order valence-electron chi connectivity index (χ1n) is 9.84. The van der Waals surface area contributed by atoms with Crippen molar-refractivity contribution in [2.24, 2.45) is 7.05 Å². The van der Waals surface area contributed by atoms with E-state index in [0.29, 0.717) is 0 Å². The van der Waals surface area contributed by atoms with Crippen molar-refractivity contribution in [1.29, 1.82) is 0 Å². The monoisotopic (exact) mass is 425 g/mol. The van der Waals surface area contributed by atoms with Crippen LogP contribution in [0, 0.1) is 0 Å². The smallest absolute Gasteiger partial charge is 0.229 e. The van der Waals surface area contributed by atoms with Crippen molar-refractivity contribution in [2.75, 3.05) is 36.0 Å². The second-order valence-corrected chi connectivity index (χ2v) is 8.48. The third-order valence-electron chi connectivity index (χ3n) is 5.79. The Morgan fingerprint density at radius 1 is 0.852 bits per heavy atom. The Morgan fingerprint density at radius 3 is 2.15 bits per heavy atom. The predicted octanol–water partition coefficient (Wildman–Crippen LogP) is 4.60. The van der Waals surface area contributed by atoms with Gasteiger partial charge in [-0.15, -0.1) is 0 Å². The molecule has 2 fully saturated rings. The molecule has 3 aromatic rings. The van der Waals surface area contributed by atoms with Gasteiger partial charge in [0.25, 0.3) is 0 Å². The van der Waals surface area contributed by atoms with Gasteiger partial charge < -0.3 is 14.4 Å². The zero-order chi connectivity index (χ0) is 18.4. The summed E-state index contributed by atoms with van der Waals surface area (Å²) in [4.78, 5) is 14.8. The number of nitrogens with zero attached hydrogens (tertiary/aromatic N) is 5. The maximum atomic E-state index is 5.05. The van der Waals surface area contributed by atoms with Crippen LogP contribution in [0.15, 0.2) is 34.8 Å². The van der Waals surface area contributed by atoms with Crippen LogP contribution in [0.5, 0.6) is 0 Å². The number of anilines is 2. The van der Waals surface area contributed by atoms with Gasteiger partial charge >= 0.3 is 0 Å². The van der Waals surface area contributed by atoms with Gasteiger partial charge in [0.2, 0.25) is 5.95 Å². The number of aryl methyl sites for hydroxylation is 1. The van der Waals surface area contributed by atoms with E-state index in [1.807, 2.05) is 0 Å². The molecule has 2 aliphatic rings. The Balaban J connectivity index is 1.69. The molecule has 2 saturated heterocycles. The lowest BCUT2D eigenvalue weighted by molar-refractivity contribution is 0.870. The zero-order valence-corrected chi connectivity index (χ0v) is 17.2. The molecule has 140 valence electrons. The average Bonchev–Trinajstić information content (AvgIpc) is 3.44. The molecule has 2 aliphatic heterocycles. The lowest BCUT2D eigenvalue weighted by Crippen LogP contribution is -2.24. The molecule has 0 bridgehead atoms. The fourth-order valence-electron chi connectivity index (χ4n) is 4.29. The number of rotatable bonds is 3. The van der Waals surface area contributed by atoms with E-state index in [1.165, 1.54) is 42.3 Å². The van der Waals surface area contributed by atoms with Gasteiger partial charge in [-0.05, 0) is 49.4 Å². The van der Waals surface area contributed by atoms with Crippen LogP contribution in [0.3, 0.4) is 0 Å². The molecule has 0 radical (unpaired) electrons. The van der Waals surface area contributed by atoms with Gasteiger partial charge in [0.05, 0.1) is 11.1 Å². The molecular weight excluding hydrogens is 402 g/mol. The predicted molar refractivity (Wildman–Crippen MR) is 115 cm³/mol. The van der Waals surface area contributed by atoms with E-state index < -0.39 is 0 Å². The standard InChI is InChI=1S/C21H24BrN5/c1-25-18(15-6-8-16(22)9-7-15)14-17-19(25)23-21(27-12-4-5-13-27)24-20(17)26-10-2-3-11-26/h6-9,14H,2-5,10-13H2,1H3. The Bertz CT molecular complexity index is 966.